The van der Waals surface area contributed by atoms with E-state index in [0.29, 0.717) is 6.42 Å². The summed E-state index contributed by atoms with van der Waals surface area (Å²) in [6.45, 7) is 6.38. The van der Waals surface area contributed by atoms with Gasteiger partial charge in [-0.1, -0.05) is 31.9 Å². The Morgan fingerprint density at radius 2 is 1.33 bits per heavy atom. The van der Waals surface area contributed by atoms with Crippen molar-refractivity contribution in [2.24, 2.45) is 0 Å². The fourth-order valence-electron chi connectivity index (χ4n) is 3.60. The molecule has 0 radical (unpaired) electrons. The molecule has 0 aliphatic carbocycles. The number of nitrogens with zero attached hydrogens (tertiary/aromatic N) is 1. The Kier molecular flexibility index (Phi) is 11.6. The summed E-state index contributed by atoms with van der Waals surface area (Å²) in [7, 11) is 0. The minimum atomic E-state index is -1.43. The Morgan fingerprint density at radius 3 is 1.78 bits per heavy atom. The van der Waals surface area contributed by atoms with Gasteiger partial charge in [-0.25, -0.2) is 9.59 Å². The molecule has 0 saturated carbocycles. The first-order valence-corrected chi connectivity index (χ1v) is 9.81. The Bertz CT molecular complexity index is 466. The molecule has 0 aromatic rings. The van der Waals surface area contributed by atoms with E-state index in [1.54, 1.807) is 0 Å². The Hall–Kier alpha value is -1.89. The molecule has 156 valence electrons. The summed E-state index contributed by atoms with van der Waals surface area (Å²) in [5.74, 6) is -3.85. The highest BCUT2D eigenvalue weighted by Gasteiger charge is 2.50. The first-order valence-electron chi connectivity index (χ1n) is 9.81. The molecule has 0 amide bonds. The molecule has 7 nitrogen and oxygen atoms in total. The Balaban J connectivity index is 5.11. The lowest BCUT2D eigenvalue weighted by molar-refractivity contribution is -0.969. The molecule has 3 atom stereocenters. The number of rotatable bonds is 15. The second-order valence-electron chi connectivity index (χ2n) is 7.20. The molecule has 0 heterocycles. The van der Waals surface area contributed by atoms with Crippen molar-refractivity contribution in [3.05, 3.63) is 12.2 Å². The van der Waals surface area contributed by atoms with Crippen molar-refractivity contribution in [2.75, 3.05) is 6.54 Å². The van der Waals surface area contributed by atoms with E-state index in [-0.39, 0.29) is 6.54 Å². The van der Waals surface area contributed by atoms with Gasteiger partial charge in [0, 0.05) is 0 Å². The Morgan fingerprint density at radius 1 is 0.852 bits per heavy atom. The van der Waals surface area contributed by atoms with Crippen molar-refractivity contribution >= 4 is 17.9 Å². The summed E-state index contributed by atoms with van der Waals surface area (Å²) in [5.41, 5.74) is 0. The molecular formula is C20H35NO6. The second-order valence-corrected chi connectivity index (χ2v) is 7.20. The topological polar surface area (TPSA) is 115 Å². The van der Waals surface area contributed by atoms with Crippen LogP contribution in [0.15, 0.2) is 12.2 Å². The summed E-state index contributed by atoms with van der Waals surface area (Å²) in [6, 6.07) is -3.57. The molecule has 0 fully saturated rings. The molecule has 0 aliphatic rings. The first kappa shape index (κ1) is 25.1. The minimum absolute atomic E-state index is 0.168. The zero-order chi connectivity index (χ0) is 21.0. The van der Waals surface area contributed by atoms with E-state index in [0.717, 1.165) is 38.5 Å². The van der Waals surface area contributed by atoms with Gasteiger partial charge in [0.15, 0.2) is 12.1 Å². The average molecular weight is 386 g/mol. The summed E-state index contributed by atoms with van der Waals surface area (Å²) < 4.78 is -0.552. The lowest BCUT2D eigenvalue weighted by Gasteiger charge is -2.49. The van der Waals surface area contributed by atoms with Crippen LogP contribution in [0.4, 0.5) is 0 Å². The molecule has 0 bridgehead atoms. The van der Waals surface area contributed by atoms with Crippen LogP contribution in [0.5, 0.6) is 0 Å². The van der Waals surface area contributed by atoms with Crippen molar-refractivity contribution in [3.63, 3.8) is 0 Å². The molecule has 7 heteroatoms. The summed E-state index contributed by atoms with van der Waals surface area (Å²) >= 11 is 0. The van der Waals surface area contributed by atoms with Gasteiger partial charge in [-0.15, -0.1) is 0 Å². The summed E-state index contributed by atoms with van der Waals surface area (Å²) in [4.78, 5) is 34.8. The molecule has 27 heavy (non-hydrogen) atoms. The molecule has 0 aromatic heterocycles. The SMILES string of the molecule is CCC/C=C/CCCCCC[N+](C(C)C(=O)[O-])(C(C)C(=O)O)C(C)C(=O)O. The Labute approximate surface area is 162 Å². The number of aliphatic carboxylic acids is 3. The highest BCUT2D eigenvalue weighted by molar-refractivity contribution is 5.76. The van der Waals surface area contributed by atoms with Crippen LogP contribution in [-0.4, -0.2) is 57.3 Å². The van der Waals surface area contributed by atoms with E-state index in [1.807, 2.05) is 0 Å². The molecule has 0 aromatic carbocycles. The van der Waals surface area contributed by atoms with Gasteiger partial charge in [-0.3, -0.25) is 4.48 Å². The number of carboxylic acid groups (broad SMARTS) is 3. The molecule has 0 aliphatic heterocycles. The third-order valence-electron chi connectivity index (χ3n) is 5.51. The zero-order valence-electron chi connectivity index (χ0n) is 17.0. The molecule has 0 saturated heterocycles. The van der Waals surface area contributed by atoms with Crippen LogP contribution in [0.1, 0.15) is 72.6 Å². The van der Waals surface area contributed by atoms with E-state index >= 15 is 0 Å². The number of hydrogen-bond donors (Lipinski definition) is 2. The van der Waals surface area contributed by atoms with E-state index in [1.165, 1.54) is 20.8 Å². The quantitative estimate of drug-likeness (QED) is 0.254. The predicted octanol–water partition coefficient (Wildman–Crippen LogP) is 2.19. The van der Waals surface area contributed by atoms with Crippen molar-refractivity contribution < 1.29 is 34.2 Å². The highest BCUT2D eigenvalue weighted by Crippen LogP contribution is 2.27. The number of unbranched alkanes of at least 4 members (excludes halogenated alkanes) is 5. The van der Waals surface area contributed by atoms with E-state index in [2.05, 4.69) is 19.1 Å². The van der Waals surface area contributed by atoms with Crippen molar-refractivity contribution in [1.82, 2.24) is 0 Å². The highest BCUT2D eigenvalue weighted by atomic mass is 16.4. The summed E-state index contributed by atoms with van der Waals surface area (Å²) in [5, 5.41) is 30.5. The maximum absolute atomic E-state index is 11.6. The third kappa shape index (κ3) is 7.33. The van der Waals surface area contributed by atoms with Gasteiger partial charge in [0.25, 0.3) is 0 Å². The maximum atomic E-state index is 11.6. The number of quaternary nitrogens is 1. The lowest BCUT2D eigenvalue weighted by Crippen LogP contribution is -2.72. The van der Waals surface area contributed by atoms with Crippen molar-refractivity contribution in [1.29, 1.82) is 0 Å². The van der Waals surface area contributed by atoms with Gasteiger partial charge in [-0.2, -0.15) is 0 Å². The van der Waals surface area contributed by atoms with Gasteiger partial charge in [-0.05, 0) is 52.9 Å². The first-order chi connectivity index (χ1) is 12.6. The normalized spacial score (nSPS) is 17.2. The van der Waals surface area contributed by atoms with E-state index in [4.69, 9.17) is 0 Å². The van der Waals surface area contributed by atoms with Crippen molar-refractivity contribution in [3.8, 4) is 0 Å². The van der Waals surface area contributed by atoms with Gasteiger partial charge in [0.2, 0.25) is 0 Å². The van der Waals surface area contributed by atoms with Crippen LogP contribution in [0, 0.1) is 0 Å². The van der Waals surface area contributed by atoms with Crippen LogP contribution < -0.4 is 5.11 Å². The standard InChI is InChI=1S/C20H35NO6/c1-5-6-7-8-9-10-11-12-13-14-21(15(2)18(22)23,16(3)19(24)25)17(4)20(26)27/h7-8,15-17H,5-6,9-14H2,1-4H3,(H2-,22,23,24,25,26,27)/b8-7+. The minimum Gasteiger partial charge on any atom is -0.544 e. The number of carbonyl (C=O) groups excluding carboxylic acids is 1. The molecular weight excluding hydrogens is 350 g/mol. The molecule has 0 spiro atoms. The fraction of sp³-hybridized carbons (Fsp3) is 0.750. The van der Waals surface area contributed by atoms with E-state index in [9.17, 15) is 29.7 Å². The van der Waals surface area contributed by atoms with Gasteiger partial charge < -0.3 is 20.1 Å². The fourth-order valence-corrected chi connectivity index (χ4v) is 3.60. The average Bonchev–Trinajstić information content (AvgIpc) is 2.61. The van der Waals surface area contributed by atoms with Gasteiger partial charge >= 0.3 is 11.9 Å². The van der Waals surface area contributed by atoms with Crippen LogP contribution in [0.25, 0.3) is 0 Å². The van der Waals surface area contributed by atoms with Crippen LogP contribution in [0.3, 0.4) is 0 Å². The van der Waals surface area contributed by atoms with Gasteiger partial charge in [0.05, 0.1) is 12.5 Å². The van der Waals surface area contributed by atoms with E-state index < -0.39 is 40.5 Å². The van der Waals surface area contributed by atoms with Crippen LogP contribution >= 0.6 is 0 Å². The van der Waals surface area contributed by atoms with Crippen LogP contribution in [-0.2, 0) is 14.4 Å². The smallest absolute Gasteiger partial charge is 0.362 e. The number of allylic oxidation sites excluding steroid dienone is 2. The molecule has 2 N–H and O–H groups in total. The maximum Gasteiger partial charge on any atom is 0.362 e. The third-order valence-corrected chi connectivity index (χ3v) is 5.51. The molecule has 3 unspecified atom stereocenters. The lowest BCUT2D eigenvalue weighted by atomic mass is 10.00. The molecule has 0 rings (SSSR count). The number of hydrogen-bond acceptors (Lipinski definition) is 4. The van der Waals surface area contributed by atoms with Gasteiger partial charge in [0.1, 0.15) is 6.04 Å². The van der Waals surface area contributed by atoms with Crippen LogP contribution in [0.2, 0.25) is 0 Å². The largest absolute Gasteiger partial charge is 0.544 e. The predicted molar refractivity (Wildman–Crippen MR) is 101 cm³/mol. The second kappa shape index (κ2) is 12.5. The number of carboxylic acids is 3. The number of carbonyl (C=O) groups is 3. The monoisotopic (exact) mass is 385 g/mol. The van der Waals surface area contributed by atoms with Crippen molar-refractivity contribution in [2.45, 2.75) is 90.8 Å². The zero-order valence-corrected chi connectivity index (χ0v) is 17.0. The summed E-state index contributed by atoms with van der Waals surface area (Å²) in [6.07, 6.45) is 10.8.